The van der Waals surface area contributed by atoms with E-state index in [4.69, 9.17) is 17.3 Å². The molecule has 0 radical (unpaired) electrons. The third-order valence-electron chi connectivity index (χ3n) is 1.51. The fourth-order valence-corrected chi connectivity index (χ4v) is 1.04. The maximum absolute atomic E-state index is 10.5. The van der Waals surface area contributed by atoms with Crippen molar-refractivity contribution in [2.75, 3.05) is 0 Å². The number of nitrogens with zero attached hydrogens (tertiary/aromatic N) is 2. The van der Waals surface area contributed by atoms with Crippen LogP contribution >= 0.6 is 11.6 Å². The second-order valence-corrected chi connectivity index (χ2v) is 3.09. The number of hydrogen-bond donors (Lipinski definition) is 1. The van der Waals surface area contributed by atoms with Gasteiger partial charge < -0.3 is 5.73 Å². The van der Waals surface area contributed by atoms with E-state index in [-0.39, 0.29) is 17.3 Å². The summed E-state index contributed by atoms with van der Waals surface area (Å²) in [5.74, 6) is 4.41. The van der Waals surface area contributed by atoms with Crippen molar-refractivity contribution in [2.45, 2.75) is 6.42 Å². The highest BCUT2D eigenvalue weighted by Crippen LogP contribution is 2.21. The molecule has 0 unspecified atom stereocenters. The number of carbonyl (C=O) groups is 1. The number of halogens is 1. The first-order chi connectivity index (χ1) is 7.50. The van der Waals surface area contributed by atoms with Gasteiger partial charge in [-0.25, -0.2) is 4.98 Å². The summed E-state index contributed by atoms with van der Waals surface area (Å²) in [6.45, 7) is 0. The van der Waals surface area contributed by atoms with Gasteiger partial charge in [0.25, 0.3) is 0 Å². The van der Waals surface area contributed by atoms with Gasteiger partial charge >= 0.3 is 5.69 Å². The lowest BCUT2D eigenvalue weighted by molar-refractivity contribution is -0.385. The van der Waals surface area contributed by atoms with Gasteiger partial charge in [0.2, 0.25) is 11.1 Å². The lowest BCUT2D eigenvalue weighted by Gasteiger charge is -1.94. The van der Waals surface area contributed by atoms with Gasteiger partial charge in [0.1, 0.15) is 0 Å². The normalized spacial score (nSPS) is 9.06. The highest BCUT2D eigenvalue weighted by atomic mass is 35.5. The number of primary amides is 1. The number of pyridine rings is 1. The highest BCUT2D eigenvalue weighted by Gasteiger charge is 2.13. The van der Waals surface area contributed by atoms with Crippen molar-refractivity contribution < 1.29 is 9.72 Å². The summed E-state index contributed by atoms with van der Waals surface area (Å²) in [6, 6.07) is 1.18. The molecule has 0 saturated carbocycles. The van der Waals surface area contributed by atoms with Gasteiger partial charge in [-0.1, -0.05) is 23.4 Å². The Balaban J connectivity index is 2.98. The zero-order chi connectivity index (χ0) is 12.1. The van der Waals surface area contributed by atoms with Crippen molar-refractivity contribution in [3.05, 3.63) is 33.1 Å². The molecule has 1 aromatic heterocycles. The van der Waals surface area contributed by atoms with Gasteiger partial charge in [0, 0.05) is 17.8 Å². The smallest absolute Gasteiger partial charge is 0.307 e. The van der Waals surface area contributed by atoms with Crippen LogP contribution in [0.1, 0.15) is 12.0 Å². The number of rotatable bonds is 2. The summed E-state index contributed by atoms with van der Waals surface area (Å²) in [6.07, 6.45) is 1.17. The van der Waals surface area contributed by atoms with Crippen LogP contribution in [0.4, 0.5) is 5.69 Å². The predicted octanol–water partition coefficient (Wildman–Crippen LogP) is 0.870. The molecule has 0 bridgehead atoms. The maximum atomic E-state index is 10.5. The summed E-state index contributed by atoms with van der Waals surface area (Å²) in [5, 5.41) is 10.3. The lowest BCUT2D eigenvalue weighted by atomic mass is 10.2. The Labute approximate surface area is 95.6 Å². The van der Waals surface area contributed by atoms with Gasteiger partial charge in [-0.3, -0.25) is 14.9 Å². The molecule has 1 rings (SSSR count). The van der Waals surface area contributed by atoms with Crippen LogP contribution in [-0.2, 0) is 4.79 Å². The van der Waals surface area contributed by atoms with E-state index in [1.54, 1.807) is 0 Å². The van der Waals surface area contributed by atoms with E-state index in [1.165, 1.54) is 12.3 Å². The topological polar surface area (TPSA) is 99.1 Å². The molecule has 82 valence electrons. The molecule has 0 atom stereocenters. The van der Waals surface area contributed by atoms with E-state index in [0.717, 1.165) is 0 Å². The zero-order valence-corrected chi connectivity index (χ0v) is 8.69. The van der Waals surface area contributed by atoms with Crippen molar-refractivity contribution >= 4 is 23.2 Å². The van der Waals surface area contributed by atoms with Gasteiger partial charge in [0.15, 0.2) is 0 Å². The highest BCUT2D eigenvalue weighted by molar-refractivity contribution is 6.31. The molecule has 7 heteroatoms. The first-order valence-corrected chi connectivity index (χ1v) is 4.45. The molecule has 0 spiro atoms. The van der Waals surface area contributed by atoms with Crippen molar-refractivity contribution in [1.29, 1.82) is 0 Å². The van der Waals surface area contributed by atoms with Gasteiger partial charge in [-0.2, -0.15) is 0 Å². The Kier molecular flexibility index (Phi) is 3.80. The number of aromatic nitrogens is 1. The van der Waals surface area contributed by atoms with E-state index < -0.39 is 10.8 Å². The first kappa shape index (κ1) is 11.9. The van der Waals surface area contributed by atoms with Gasteiger partial charge in [-0.15, -0.1) is 0 Å². The van der Waals surface area contributed by atoms with Gasteiger partial charge in [-0.05, 0) is 0 Å². The Bertz CT molecular complexity index is 504. The standard InChI is InChI=1S/C9H6ClN3O3/c10-9-7(13(15)16)4-6(5-12-9)2-1-3-8(11)14/h4-5H,3H2,(H2,11,14). The number of nitrogens with two attached hydrogens (primary N) is 1. The van der Waals surface area contributed by atoms with Crippen LogP contribution in [0.25, 0.3) is 0 Å². The summed E-state index contributed by atoms with van der Waals surface area (Å²) >= 11 is 5.50. The van der Waals surface area contributed by atoms with Crippen molar-refractivity contribution in [1.82, 2.24) is 4.98 Å². The maximum Gasteiger partial charge on any atom is 0.307 e. The molecular formula is C9H6ClN3O3. The minimum Gasteiger partial charge on any atom is -0.369 e. The first-order valence-electron chi connectivity index (χ1n) is 4.08. The molecule has 1 amide bonds. The molecule has 16 heavy (non-hydrogen) atoms. The lowest BCUT2D eigenvalue weighted by Crippen LogP contribution is -2.08. The molecule has 1 aromatic rings. The average molecular weight is 240 g/mol. The minimum absolute atomic E-state index is 0.115. The molecule has 0 fully saturated rings. The molecule has 0 aliphatic rings. The molecule has 0 aromatic carbocycles. The summed E-state index contributed by atoms with van der Waals surface area (Å²) in [7, 11) is 0. The van der Waals surface area contributed by atoms with Crippen LogP contribution in [0.2, 0.25) is 5.15 Å². The second-order valence-electron chi connectivity index (χ2n) is 2.74. The van der Waals surface area contributed by atoms with Crippen LogP contribution < -0.4 is 5.73 Å². The average Bonchev–Trinajstić information content (AvgIpc) is 2.19. The van der Waals surface area contributed by atoms with Gasteiger partial charge in [0.05, 0.1) is 11.3 Å². The largest absolute Gasteiger partial charge is 0.369 e. The quantitative estimate of drug-likeness (QED) is 0.358. The number of nitro groups is 1. The third-order valence-corrected chi connectivity index (χ3v) is 1.80. The van der Waals surface area contributed by atoms with Crippen LogP contribution in [-0.4, -0.2) is 15.8 Å². The summed E-state index contributed by atoms with van der Waals surface area (Å²) in [4.78, 5) is 23.9. The van der Waals surface area contributed by atoms with Crippen LogP contribution in [0.15, 0.2) is 12.3 Å². The fraction of sp³-hybridized carbons (Fsp3) is 0.111. The number of amides is 1. The van der Waals surface area contributed by atoms with Crippen LogP contribution in [0.5, 0.6) is 0 Å². The van der Waals surface area contributed by atoms with Crippen LogP contribution in [0.3, 0.4) is 0 Å². The monoisotopic (exact) mass is 239 g/mol. The molecule has 1 heterocycles. The SMILES string of the molecule is NC(=O)CC#Cc1cnc(Cl)c([N+](=O)[O-])c1. The van der Waals surface area contributed by atoms with Crippen molar-refractivity contribution in [3.63, 3.8) is 0 Å². The molecule has 6 nitrogen and oxygen atoms in total. The zero-order valence-electron chi connectivity index (χ0n) is 7.94. The Morgan fingerprint density at radius 3 is 2.94 bits per heavy atom. The Hall–Kier alpha value is -2.13. The number of hydrogen-bond acceptors (Lipinski definition) is 4. The van der Waals surface area contributed by atoms with E-state index >= 15 is 0 Å². The van der Waals surface area contributed by atoms with E-state index in [0.29, 0.717) is 5.56 Å². The van der Waals surface area contributed by atoms with Crippen molar-refractivity contribution in [2.24, 2.45) is 5.73 Å². The minimum atomic E-state index is -0.658. The van der Waals surface area contributed by atoms with Crippen molar-refractivity contribution in [3.8, 4) is 11.8 Å². The summed E-state index contributed by atoms with van der Waals surface area (Å²) in [5.41, 5.74) is 4.85. The Morgan fingerprint density at radius 1 is 1.69 bits per heavy atom. The van der Waals surface area contributed by atoms with Crippen LogP contribution in [0, 0.1) is 22.0 Å². The molecule has 0 aliphatic heterocycles. The predicted molar refractivity (Wildman–Crippen MR) is 56.6 cm³/mol. The number of carbonyl (C=O) groups excluding carboxylic acids is 1. The molecule has 0 saturated heterocycles. The van der Waals surface area contributed by atoms with E-state index in [2.05, 4.69) is 16.8 Å². The molecule has 2 N–H and O–H groups in total. The third kappa shape index (κ3) is 3.22. The molecule has 0 aliphatic carbocycles. The fourth-order valence-electron chi connectivity index (χ4n) is 0.866. The van der Waals surface area contributed by atoms with E-state index in [9.17, 15) is 14.9 Å². The second kappa shape index (κ2) is 5.09. The van der Waals surface area contributed by atoms with E-state index in [1.807, 2.05) is 0 Å². The summed E-state index contributed by atoms with van der Waals surface area (Å²) < 4.78 is 0. The molecular weight excluding hydrogens is 234 g/mol. The Morgan fingerprint density at radius 2 is 2.38 bits per heavy atom.